The largest absolute Gasteiger partial charge is 0.345 e. The molecular weight excluding hydrogens is 383 g/mol. The number of hydrogen-bond acceptors (Lipinski definition) is 3. The van der Waals surface area contributed by atoms with Gasteiger partial charge in [-0.1, -0.05) is 37.1 Å². The molecule has 6 heteroatoms. The molecule has 1 heterocycles. The first-order chi connectivity index (χ1) is 14.5. The van der Waals surface area contributed by atoms with Gasteiger partial charge in [0.2, 0.25) is 17.7 Å². The summed E-state index contributed by atoms with van der Waals surface area (Å²) in [4.78, 5) is 40.4. The number of rotatable bonds is 4. The molecule has 4 fully saturated rings. The summed E-state index contributed by atoms with van der Waals surface area (Å²) in [7, 11) is 0. The van der Waals surface area contributed by atoms with Crippen LogP contribution in [-0.2, 0) is 19.9 Å². The second-order valence-corrected chi connectivity index (χ2v) is 9.76. The van der Waals surface area contributed by atoms with E-state index in [9.17, 15) is 18.8 Å². The van der Waals surface area contributed by atoms with Gasteiger partial charge in [0.05, 0.1) is 17.4 Å². The minimum absolute atomic E-state index is 0.162. The number of allylic oxidation sites excluding steroid dienone is 2. The number of nitrogens with one attached hydrogen (secondary N) is 1. The Morgan fingerprint density at radius 1 is 1.00 bits per heavy atom. The molecule has 0 aromatic heterocycles. The third-order valence-corrected chi connectivity index (χ3v) is 8.29. The molecule has 0 radical (unpaired) electrons. The Bertz CT molecular complexity index is 929. The Labute approximate surface area is 174 Å². The van der Waals surface area contributed by atoms with Gasteiger partial charge in [0, 0.05) is 0 Å². The van der Waals surface area contributed by atoms with Gasteiger partial charge >= 0.3 is 0 Å². The molecule has 1 aliphatic heterocycles. The number of imide groups is 1. The van der Waals surface area contributed by atoms with Crippen molar-refractivity contribution >= 4 is 17.7 Å². The fourth-order valence-electron chi connectivity index (χ4n) is 6.86. The van der Waals surface area contributed by atoms with Crippen molar-refractivity contribution in [1.82, 2.24) is 10.2 Å². The Balaban J connectivity index is 1.21. The third-order valence-electron chi connectivity index (χ3n) is 8.29. The summed E-state index contributed by atoms with van der Waals surface area (Å²) in [6.45, 7) is -0.220. The number of benzene rings is 1. The lowest BCUT2D eigenvalue weighted by molar-refractivity contribution is -0.144. The van der Waals surface area contributed by atoms with Crippen LogP contribution in [0.4, 0.5) is 4.39 Å². The van der Waals surface area contributed by atoms with E-state index in [1.165, 1.54) is 17.0 Å². The topological polar surface area (TPSA) is 66.5 Å². The standard InChI is InChI=1S/C24H25FN2O3/c25-14-5-3-13(4-6-14)24(9-1-2-10-24)26-19(28)12-27-22(29)20-15-7-8-16(18-11-17(15)18)21(20)23(27)30/h3-8,15-18,20-21H,1-2,9-12H2,(H,26,28)/t15-,16-,17-,18-,20-,21+/m0/s1. The van der Waals surface area contributed by atoms with E-state index >= 15 is 0 Å². The highest BCUT2D eigenvalue weighted by Crippen LogP contribution is 2.65. The van der Waals surface area contributed by atoms with Crippen molar-refractivity contribution in [3.63, 3.8) is 0 Å². The first kappa shape index (κ1) is 18.3. The summed E-state index contributed by atoms with van der Waals surface area (Å²) < 4.78 is 13.4. The van der Waals surface area contributed by atoms with Gasteiger partial charge in [0.25, 0.3) is 0 Å². The number of halogens is 1. The molecule has 5 aliphatic carbocycles. The highest BCUT2D eigenvalue weighted by molar-refractivity contribution is 6.08. The van der Waals surface area contributed by atoms with Gasteiger partial charge in [-0.2, -0.15) is 0 Å². The van der Waals surface area contributed by atoms with Crippen molar-refractivity contribution in [2.45, 2.75) is 37.6 Å². The maximum atomic E-state index is 13.4. The van der Waals surface area contributed by atoms with Crippen LogP contribution in [0.3, 0.4) is 0 Å². The maximum absolute atomic E-state index is 13.4. The molecule has 1 aromatic rings. The van der Waals surface area contributed by atoms with Crippen LogP contribution >= 0.6 is 0 Å². The molecule has 7 rings (SSSR count). The summed E-state index contributed by atoms with van der Waals surface area (Å²) in [6, 6.07) is 6.26. The Hall–Kier alpha value is -2.50. The van der Waals surface area contributed by atoms with Gasteiger partial charge in [0.1, 0.15) is 12.4 Å². The van der Waals surface area contributed by atoms with E-state index in [0.717, 1.165) is 37.7 Å². The van der Waals surface area contributed by atoms with Crippen LogP contribution in [-0.4, -0.2) is 29.2 Å². The predicted molar refractivity (Wildman–Crippen MR) is 106 cm³/mol. The molecule has 5 nitrogen and oxygen atoms in total. The number of nitrogens with zero attached hydrogens (tertiary/aromatic N) is 1. The Morgan fingerprint density at radius 2 is 1.57 bits per heavy atom. The van der Waals surface area contributed by atoms with E-state index in [0.29, 0.717) is 11.8 Å². The van der Waals surface area contributed by atoms with E-state index in [4.69, 9.17) is 0 Å². The molecule has 6 aliphatic rings. The van der Waals surface area contributed by atoms with Gasteiger partial charge in [-0.3, -0.25) is 19.3 Å². The third kappa shape index (κ3) is 2.48. The van der Waals surface area contributed by atoms with Crippen molar-refractivity contribution in [3.8, 4) is 0 Å². The van der Waals surface area contributed by atoms with Crippen LogP contribution < -0.4 is 5.32 Å². The van der Waals surface area contributed by atoms with Gasteiger partial charge in [-0.05, 0) is 60.6 Å². The fourth-order valence-corrected chi connectivity index (χ4v) is 6.86. The van der Waals surface area contributed by atoms with E-state index < -0.39 is 5.54 Å². The normalized spacial score (nSPS) is 37.3. The van der Waals surface area contributed by atoms with Crippen LogP contribution in [0.15, 0.2) is 36.4 Å². The molecule has 0 unspecified atom stereocenters. The minimum Gasteiger partial charge on any atom is -0.345 e. The summed E-state index contributed by atoms with van der Waals surface area (Å²) in [5.74, 6) is -0.103. The molecule has 1 aromatic carbocycles. The molecule has 3 saturated carbocycles. The van der Waals surface area contributed by atoms with Crippen LogP contribution in [0.1, 0.15) is 37.7 Å². The quantitative estimate of drug-likeness (QED) is 0.615. The number of amides is 3. The summed E-state index contributed by atoms with van der Waals surface area (Å²) >= 11 is 0. The SMILES string of the molecule is O=C(CN1C(=O)[C@@H]2[C@H]3C=C[C@@H]([C@@H]4C[C@@H]34)[C@@H]2C1=O)NC1(c2ccc(F)cc2)CCCC1. The molecule has 30 heavy (non-hydrogen) atoms. The van der Waals surface area contributed by atoms with Gasteiger partial charge < -0.3 is 5.32 Å². The van der Waals surface area contributed by atoms with E-state index in [1.54, 1.807) is 12.1 Å². The van der Waals surface area contributed by atoms with Gasteiger partial charge in [-0.25, -0.2) is 4.39 Å². The molecule has 2 bridgehead atoms. The van der Waals surface area contributed by atoms with Gasteiger partial charge in [-0.15, -0.1) is 0 Å². The fraction of sp³-hybridized carbons (Fsp3) is 0.542. The zero-order chi connectivity index (χ0) is 20.6. The summed E-state index contributed by atoms with van der Waals surface area (Å²) in [5.41, 5.74) is 0.329. The summed E-state index contributed by atoms with van der Waals surface area (Å²) in [6.07, 6.45) is 8.89. The lowest BCUT2D eigenvalue weighted by Crippen LogP contribution is -2.49. The van der Waals surface area contributed by atoms with E-state index in [1.807, 2.05) is 0 Å². The second-order valence-electron chi connectivity index (χ2n) is 9.76. The molecule has 1 N–H and O–H groups in total. The summed E-state index contributed by atoms with van der Waals surface area (Å²) in [5, 5.41) is 3.11. The van der Waals surface area contributed by atoms with Gasteiger partial charge in [0.15, 0.2) is 0 Å². The Morgan fingerprint density at radius 3 is 2.13 bits per heavy atom. The molecule has 1 saturated heterocycles. The van der Waals surface area contributed by atoms with Crippen molar-refractivity contribution in [1.29, 1.82) is 0 Å². The van der Waals surface area contributed by atoms with Crippen LogP contribution in [0.2, 0.25) is 0 Å². The van der Waals surface area contributed by atoms with Crippen molar-refractivity contribution in [2.75, 3.05) is 6.54 Å². The monoisotopic (exact) mass is 408 g/mol. The van der Waals surface area contributed by atoms with E-state index in [2.05, 4.69) is 17.5 Å². The zero-order valence-electron chi connectivity index (χ0n) is 16.7. The molecule has 6 atom stereocenters. The number of carbonyl (C=O) groups excluding carboxylic acids is 3. The number of hydrogen-bond donors (Lipinski definition) is 1. The van der Waals surface area contributed by atoms with Crippen molar-refractivity contribution in [2.24, 2.45) is 35.5 Å². The van der Waals surface area contributed by atoms with Crippen LogP contribution in [0.5, 0.6) is 0 Å². The average molecular weight is 408 g/mol. The highest BCUT2D eigenvalue weighted by atomic mass is 19.1. The predicted octanol–water partition coefficient (Wildman–Crippen LogP) is 2.76. The average Bonchev–Trinajstić information content (AvgIpc) is 3.39. The smallest absolute Gasteiger partial charge is 0.240 e. The van der Waals surface area contributed by atoms with Crippen LogP contribution in [0.25, 0.3) is 0 Å². The van der Waals surface area contributed by atoms with Crippen molar-refractivity contribution < 1.29 is 18.8 Å². The number of likely N-dealkylation sites (tertiary alicyclic amines) is 1. The zero-order valence-corrected chi connectivity index (χ0v) is 16.7. The molecular formula is C24H25FN2O3. The maximum Gasteiger partial charge on any atom is 0.240 e. The second kappa shape index (κ2) is 6.25. The first-order valence-corrected chi connectivity index (χ1v) is 11.1. The molecule has 0 spiro atoms. The lowest BCUT2D eigenvalue weighted by Gasteiger charge is -2.37. The van der Waals surface area contributed by atoms with Crippen LogP contribution in [0, 0.1) is 41.3 Å². The highest BCUT2D eigenvalue weighted by Gasteiger charge is 2.67. The molecule has 156 valence electrons. The number of carbonyl (C=O) groups is 3. The minimum atomic E-state index is -0.550. The van der Waals surface area contributed by atoms with E-state index in [-0.39, 0.29) is 53.8 Å². The Kier molecular flexibility index (Phi) is 3.81. The lowest BCUT2D eigenvalue weighted by atomic mass is 9.63. The first-order valence-electron chi connectivity index (χ1n) is 11.1. The van der Waals surface area contributed by atoms with Crippen molar-refractivity contribution in [3.05, 3.63) is 47.8 Å². The molecule has 3 amide bonds.